The van der Waals surface area contributed by atoms with E-state index in [0.29, 0.717) is 11.7 Å². The van der Waals surface area contributed by atoms with Gasteiger partial charge in [0.15, 0.2) is 5.75 Å². The second-order valence-electron chi connectivity index (χ2n) is 8.73. The number of aliphatic carboxylic acids is 1. The van der Waals surface area contributed by atoms with Gasteiger partial charge in [-0.2, -0.15) is 0 Å². The second kappa shape index (κ2) is 11.4. The first-order valence-corrected chi connectivity index (χ1v) is 12.0. The predicted molar refractivity (Wildman–Crippen MR) is 133 cm³/mol. The maximum atomic E-state index is 12.2. The molecule has 1 aromatic carbocycles. The normalized spacial score (nSPS) is 16.4. The van der Waals surface area contributed by atoms with Crippen molar-refractivity contribution in [2.24, 2.45) is 5.92 Å². The largest absolute Gasteiger partial charge is 0.493 e. The van der Waals surface area contributed by atoms with E-state index >= 15 is 0 Å². The van der Waals surface area contributed by atoms with E-state index in [-0.39, 0.29) is 28.4 Å². The van der Waals surface area contributed by atoms with E-state index < -0.39 is 18.0 Å². The fourth-order valence-electron chi connectivity index (χ4n) is 5.05. The fraction of sp³-hybridized carbons (Fsp3) is 0.462. The molecule has 2 aromatic rings. The van der Waals surface area contributed by atoms with Crippen LogP contribution in [0.1, 0.15) is 63.6 Å². The summed E-state index contributed by atoms with van der Waals surface area (Å²) in [5, 5.41) is 10.00. The second-order valence-corrected chi connectivity index (χ2v) is 9.12. The lowest BCUT2D eigenvalue weighted by Crippen LogP contribution is -2.51. The summed E-state index contributed by atoms with van der Waals surface area (Å²) in [6.07, 6.45) is 6.00. The Bertz CT molecular complexity index is 1020. The van der Waals surface area contributed by atoms with Gasteiger partial charge in [-0.05, 0) is 38.2 Å². The van der Waals surface area contributed by atoms with Gasteiger partial charge in [0.1, 0.15) is 16.7 Å². The van der Waals surface area contributed by atoms with Crippen LogP contribution in [-0.4, -0.2) is 51.1 Å². The molecule has 3 rings (SSSR count). The van der Waals surface area contributed by atoms with Crippen LogP contribution in [0.2, 0.25) is 0 Å². The number of nitrogens with zero attached hydrogens (tertiary/aromatic N) is 2. The van der Waals surface area contributed by atoms with Crippen LogP contribution in [0.4, 0.5) is 0 Å². The van der Waals surface area contributed by atoms with Crippen LogP contribution in [-0.2, 0) is 9.59 Å². The van der Waals surface area contributed by atoms with Gasteiger partial charge in [0.2, 0.25) is 5.75 Å². The zero-order valence-electron chi connectivity index (χ0n) is 20.1. The number of rotatable bonds is 9. The smallest absolute Gasteiger partial charge is 0.326 e. The van der Waals surface area contributed by atoms with E-state index in [1.54, 1.807) is 17.9 Å². The van der Waals surface area contributed by atoms with Gasteiger partial charge in [0.05, 0.1) is 7.11 Å². The number of thiocarbonyl (C=S) groups is 1. The summed E-state index contributed by atoms with van der Waals surface area (Å²) in [6, 6.07) is 10.6. The molecule has 3 atom stereocenters. The molecule has 0 amide bonds. The van der Waals surface area contributed by atoms with Gasteiger partial charge in [-0.15, -0.1) is 0 Å². The molecule has 1 aliphatic carbocycles. The van der Waals surface area contributed by atoms with Crippen molar-refractivity contribution in [3.8, 4) is 11.5 Å². The quantitative estimate of drug-likeness (QED) is 0.400. The lowest BCUT2D eigenvalue weighted by atomic mass is 9.79. The highest BCUT2D eigenvalue weighted by Gasteiger charge is 2.39. The van der Waals surface area contributed by atoms with E-state index in [2.05, 4.69) is 17.1 Å². The molecule has 0 aliphatic heterocycles. The molecular formula is C26H32N2O5S. The topological polar surface area (TPSA) is 89.0 Å². The number of ether oxygens (including phenoxy) is 2. The van der Waals surface area contributed by atoms with Crippen molar-refractivity contribution in [3.63, 3.8) is 0 Å². The summed E-state index contributed by atoms with van der Waals surface area (Å²) in [7, 11) is 1.46. The molecule has 0 saturated heterocycles. The zero-order valence-corrected chi connectivity index (χ0v) is 20.9. The molecule has 1 heterocycles. The van der Waals surface area contributed by atoms with Crippen LogP contribution >= 0.6 is 12.2 Å². The van der Waals surface area contributed by atoms with Crippen molar-refractivity contribution in [2.45, 2.75) is 64.5 Å². The summed E-state index contributed by atoms with van der Waals surface area (Å²) >= 11 is 5.86. The third-order valence-electron chi connectivity index (χ3n) is 6.60. The predicted octanol–water partition coefficient (Wildman–Crippen LogP) is 4.83. The third-order valence-corrected chi connectivity index (χ3v) is 7.00. The Balaban J connectivity index is 2.11. The van der Waals surface area contributed by atoms with Crippen LogP contribution in [0.3, 0.4) is 0 Å². The molecule has 7 nitrogen and oxygen atoms in total. The highest BCUT2D eigenvalue weighted by atomic mass is 32.1. The molecule has 1 N–H and O–H groups in total. The summed E-state index contributed by atoms with van der Waals surface area (Å²) in [4.78, 5) is 30.3. The summed E-state index contributed by atoms with van der Waals surface area (Å²) in [5.74, 6) is -0.664. The van der Waals surface area contributed by atoms with Crippen molar-refractivity contribution in [1.29, 1.82) is 0 Å². The molecule has 0 bridgehead atoms. The number of esters is 1. The van der Waals surface area contributed by atoms with Crippen LogP contribution in [0.5, 0.6) is 11.5 Å². The minimum atomic E-state index is -0.996. The monoisotopic (exact) mass is 484 g/mol. The van der Waals surface area contributed by atoms with Crippen molar-refractivity contribution in [1.82, 2.24) is 9.88 Å². The third kappa shape index (κ3) is 5.55. The van der Waals surface area contributed by atoms with Gasteiger partial charge in [-0.25, -0.2) is 9.78 Å². The first kappa shape index (κ1) is 25.6. The van der Waals surface area contributed by atoms with Gasteiger partial charge >= 0.3 is 11.9 Å². The molecular weight excluding hydrogens is 452 g/mol. The van der Waals surface area contributed by atoms with Gasteiger partial charge < -0.3 is 19.5 Å². The maximum Gasteiger partial charge on any atom is 0.326 e. The Morgan fingerprint density at radius 2 is 1.79 bits per heavy atom. The van der Waals surface area contributed by atoms with Crippen LogP contribution in [0.15, 0.2) is 42.6 Å². The zero-order chi connectivity index (χ0) is 24.8. The molecule has 0 radical (unpaired) electrons. The first-order chi connectivity index (χ1) is 16.3. The van der Waals surface area contributed by atoms with Crippen LogP contribution in [0, 0.1) is 5.92 Å². The first-order valence-electron chi connectivity index (χ1n) is 11.6. The number of carboxylic acid groups (broad SMARTS) is 1. The minimum Gasteiger partial charge on any atom is -0.493 e. The molecule has 1 fully saturated rings. The number of carboxylic acids is 1. The Kier molecular flexibility index (Phi) is 8.61. The number of methoxy groups -OCH3 is 1. The average molecular weight is 485 g/mol. The van der Waals surface area contributed by atoms with Crippen molar-refractivity contribution in [3.05, 3.63) is 53.9 Å². The van der Waals surface area contributed by atoms with Gasteiger partial charge in [-0.1, -0.05) is 55.4 Å². The number of benzene rings is 1. The van der Waals surface area contributed by atoms with E-state index in [4.69, 9.17) is 21.7 Å². The van der Waals surface area contributed by atoms with Crippen molar-refractivity contribution >= 4 is 29.1 Å². The highest BCUT2D eigenvalue weighted by molar-refractivity contribution is 7.80. The van der Waals surface area contributed by atoms with E-state index in [9.17, 15) is 14.7 Å². The lowest BCUT2D eigenvalue weighted by Gasteiger charge is -2.41. The SMILES string of the molecule is COc1ccnc(C(=S)N([C@@H](C)C(=O)O)[C@@H](C)[C@@H](c2ccccc2)C2CCCC2)c1OC(C)=O. The Morgan fingerprint density at radius 1 is 1.15 bits per heavy atom. The van der Waals surface area contributed by atoms with Gasteiger partial charge in [0, 0.05) is 31.1 Å². The molecule has 0 spiro atoms. The Morgan fingerprint density at radius 3 is 2.35 bits per heavy atom. The van der Waals surface area contributed by atoms with Crippen molar-refractivity contribution in [2.75, 3.05) is 7.11 Å². The van der Waals surface area contributed by atoms with E-state index in [0.717, 1.165) is 31.2 Å². The molecule has 1 saturated carbocycles. The number of hydrogen-bond donors (Lipinski definition) is 1. The van der Waals surface area contributed by atoms with Crippen molar-refractivity contribution < 1.29 is 24.2 Å². The molecule has 1 aliphatic rings. The maximum absolute atomic E-state index is 12.2. The number of pyridine rings is 1. The number of aromatic nitrogens is 1. The average Bonchev–Trinajstić information content (AvgIpc) is 3.34. The summed E-state index contributed by atoms with van der Waals surface area (Å²) in [5.41, 5.74) is 1.37. The molecule has 34 heavy (non-hydrogen) atoms. The molecule has 8 heteroatoms. The Labute approximate surface area is 206 Å². The lowest BCUT2D eigenvalue weighted by molar-refractivity contribution is -0.142. The molecule has 182 valence electrons. The summed E-state index contributed by atoms with van der Waals surface area (Å²) in [6.45, 7) is 4.92. The molecule has 0 unspecified atom stereocenters. The standard InChI is InChI=1S/C26H32N2O5S/c1-16(22(20-12-8-9-13-20)19-10-6-5-7-11-19)28(17(2)26(30)31)25(34)23-24(33-18(3)29)21(32-4)14-15-27-23/h5-7,10-11,14-17,20,22H,8-9,12-13H2,1-4H3,(H,30,31)/t16-,17-,22-/m0/s1. The number of carbonyl (C=O) groups is 2. The van der Waals surface area contributed by atoms with Gasteiger partial charge in [-0.3, -0.25) is 4.79 Å². The Hall–Kier alpha value is -3.00. The van der Waals surface area contributed by atoms with Gasteiger partial charge in [0.25, 0.3) is 0 Å². The van der Waals surface area contributed by atoms with Crippen LogP contribution < -0.4 is 9.47 Å². The van der Waals surface area contributed by atoms with E-state index in [1.165, 1.54) is 20.2 Å². The minimum absolute atomic E-state index is 0.0752. The van der Waals surface area contributed by atoms with E-state index in [1.807, 2.05) is 25.1 Å². The number of carbonyl (C=O) groups excluding carboxylic acids is 1. The van der Waals surface area contributed by atoms with Crippen LogP contribution in [0.25, 0.3) is 0 Å². The fourth-order valence-corrected chi connectivity index (χ4v) is 5.52. The number of hydrogen-bond acceptors (Lipinski definition) is 6. The molecule has 1 aromatic heterocycles. The summed E-state index contributed by atoms with van der Waals surface area (Å²) < 4.78 is 10.8. The highest BCUT2D eigenvalue weighted by Crippen LogP contribution is 2.42.